The summed E-state index contributed by atoms with van der Waals surface area (Å²) in [6, 6.07) is 0. The van der Waals surface area contributed by atoms with Crippen LogP contribution in [0.3, 0.4) is 0 Å². The van der Waals surface area contributed by atoms with Crippen molar-refractivity contribution in [2.75, 3.05) is 33.4 Å². The van der Waals surface area contributed by atoms with E-state index in [-0.39, 0.29) is 0 Å². The number of hydrogen-bond donors (Lipinski definition) is 1. The molecule has 0 fully saturated rings. The van der Waals surface area contributed by atoms with E-state index in [4.69, 9.17) is 13.9 Å². The minimum Gasteiger partial charge on any atom is -0.443 e. The Bertz CT molecular complexity index is 302. The maximum atomic E-state index is 5.57. The summed E-state index contributed by atoms with van der Waals surface area (Å²) in [7, 11) is 1.66. The van der Waals surface area contributed by atoms with Gasteiger partial charge in [-0.25, -0.2) is 4.98 Å². The van der Waals surface area contributed by atoms with E-state index in [0.29, 0.717) is 19.8 Å². The molecule has 0 bridgehead atoms. The van der Waals surface area contributed by atoms with Crippen LogP contribution in [0.2, 0.25) is 0 Å². The van der Waals surface area contributed by atoms with Gasteiger partial charge in [-0.1, -0.05) is 6.92 Å². The molecule has 0 amide bonds. The topological polar surface area (TPSA) is 56.5 Å². The Morgan fingerprint density at radius 3 is 3.00 bits per heavy atom. The van der Waals surface area contributed by atoms with E-state index in [2.05, 4.69) is 17.2 Å². The first-order valence-corrected chi connectivity index (χ1v) is 6.57. The highest BCUT2D eigenvalue weighted by Gasteiger charge is 2.03. The van der Waals surface area contributed by atoms with E-state index in [1.165, 1.54) is 6.42 Å². The van der Waals surface area contributed by atoms with E-state index in [9.17, 15) is 0 Å². The van der Waals surface area contributed by atoms with Crippen LogP contribution in [0, 0.1) is 0 Å². The molecule has 1 aromatic rings. The van der Waals surface area contributed by atoms with Gasteiger partial charge in [0, 0.05) is 13.5 Å². The molecule has 0 aromatic carbocycles. The number of nitrogens with one attached hydrogen (secondary N) is 1. The van der Waals surface area contributed by atoms with Crippen molar-refractivity contribution in [3.05, 3.63) is 17.8 Å². The lowest BCUT2D eigenvalue weighted by atomic mass is 10.3. The van der Waals surface area contributed by atoms with Crippen molar-refractivity contribution in [2.24, 2.45) is 0 Å². The Morgan fingerprint density at radius 2 is 2.22 bits per heavy atom. The summed E-state index contributed by atoms with van der Waals surface area (Å²) in [6.07, 6.45) is 4.82. The number of oxazole rings is 1. The van der Waals surface area contributed by atoms with Gasteiger partial charge in [0.15, 0.2) is 5.89 Å². The number of methoxy groups -OCH3 is 1. The largest absolute Gasteiger partial charge is 0.443 e. The third-order valence-corrected chi connectivity index (χ3v) is 2.45. The number of nitrogens with zero attached hydrogens (tertiary/aromatic N) is 1. The molecule has 0 aliphatic rings. The summed E-state index contributed by atoms with van der Waals surface area (Å²) in [5, 5.41) is 3.35. The number of aromatic nitrogens is 1. The molecule has 1 aromatic heterocycles. The molecule has 0 spiro atoms. The molecule has 1 rings (SSSR count). The van der Waals surface area contributed by atoms with Crippen LogP contribution >= 0.6 is 0 Å². The number of hydrogen-bond acceptors (Lipinski definition) is 5. The minimum atomic E-state index is 0.463. The molecule has 18 heavy (non-hydrogen) atoms. The molecule has 0 saturated heterocycles. The van der Waals surface area contributed by atoms with Gasteiger partial charge in [0.2, 0.25) is 0 Å². The van der Waals surface area contributed by atoms with Crippen molar-refractivity contribution >= 4 is 0 Å². The summed E-state index contributed by atoms with van der Waals surface area (Å²) in [5.41, 5.74) is 0. The fourth-order valence-corrected chi connectivity index (χ4v) is 1.51. The van der Waals surface area contributed by atoms with Gasteiger partial charge in [0.25, 0.3) is 0 Å². The predicted octanol–water partition coefficient (Wildman–Crippen LogP) is 1.77. The molecule has 104 valence electrons. The van der Waals surface area contributed by atoms with Gasteiger partial charge in [0.1, 0.15) is 12.4 Å². The van der Waals surface area contributed by atoms with Crippen LogP contribution in [0.25, 0.3) is 0 Å². The van der Waals surface area contributed by atoms with Crippen LogP contribution in [0.5, 0.6) is 0 Å². The molecule has 0 saturated carbocycles. The van der Waals surface area contributed by atoms with Gasteiger partial charge < -0.3 is 19.2 Å². The van der Waals surface area contributed by atoms with Crippen molar-refractivity contribution < 1.29 is 13.9 Å². The summed E-state index contributed by atoms with van der Waals surface area (Å²) >= 11 is 0. The lowest BCUT2D eigenvalue weighted by Crippen LogP contribution is -2.16. The van der Waals surface area contributed by atoms with Crippen molar-refractivity contribution in [2.45, 2.75) is 32.8 Å². The van der Waals surface area contributed by atoms with Crippen molar-refractivity contribution in [3.8, 4) is 0 Å². The second-order valence-corrected chi connectivity index (χ2v) is 4.12. The molecule has 1 heterocycles. The Balaban J connectivity index is 2.10. The summed E-state index contributed by atoms with van der Waals surface area (Å²) < 4.78 is 15.8. The monoisotopic (exact) mass is 256 g/mol. The second kappa shape index (κ2) is 10.1. The van der Waals surface area contributed by atoms with Crippen molar-refractivity contribution in [1.29, 1.82) is 0 Å². The minimum absolute atomic E-state index is 0.463. The molecule has 0 radical (unpaired) electrons. The maximum absolute atomic E-state index is 5.57. The zero-order valence-corrected chi connectivity index (χ0v) is 11.4. The molecule has 0 aliphatic carbocycles. The number of rotatable bonds is 11. The van der Waals surface area contributed by atoms with Gasteiger partial charge in [-0.05, 0) is 25.9 Å². The predicted molar refractivity (Wildman–Crippen MR) is 69.5 cm³/mol. The molecule has 0 aliphatic heterocycles. The molecule has 5 heteroatoms. The zero-order valence-electron chi connectivity index (χ0n) is 11.4. The fourth-order valence-electron chi connectivity index (χ4n) is 1.51. The van der Waals surface area contributed by atoms with Gasteiger partial charge in [-0.15, -0.1) is 0 Å². The maximum Gasteiger partial charge on any atom is 0.194 e. The quantitative estimate of drug-likeness (QED) is 0.611. The van der Waals surface area contributed by atoms with Crippen LogP contribution in [0.15, 0.2) is 10.6 Å². The number of ether oxygens (including phenoxy) is 2. The third kappa shape index (κ3) is 6.74. The van der Waals surface area contributed by atoms with Gasteiger partial charge in [-0.2, -0.15) is 0 Å². The van der Waals surface area contributed by atoms with Gasteiger partial charge >= 0.3 is 0 Å². The Morgan fingerprint density at radius 1 is 1.33 bits per heavy atom. The van der Waals surface area contributed by atoms with E-state index in [1.54, 1.807) is 13.3 Å². The second-order valence-electron chi connectivity index (χ2n) is 4.12. The molecule has 1 N–H and O–H groups in total. The fraction of sp³-hybridized carbons (Fsp3) is 0.769. The average molecular weight is 256 g/mol. The molecule has 5 nitrogen and oxygen atoms in total. The van der Waals surface area contributed by atoms with Crippen LogP contribution < -0.4 is 5.32 Å². The Kier molecular flexibility index (Phi) is 8.46. The Hall–Kier alpha value is -0.910. The Labute approximate surface area is 109 Å². The first-order valence-electron chi connectivity index (χ1n) is 6.57. The smallest absolute Gasteiger partial charge is 0.194 e. The molecule has 0 atom stereocenters. The average Bonchev–Trinajstić information content (AvgIpc) is 2.82. The lowest BCUT2D eigenvalue weighted by Gasteiger charge is -2.01. The lowest BCUT2D eigenvalue weighted by molar-refractivity contribution is 0.0534. The standard InChI is InChI=1S/C13H24N2O3/c1-3-6-14-7-4-5-13-15-10-12(18-13)11-17-9-8-16-2/h10,14H,3-9,11H2,1-2H3. The SMILES string of the molecule is CCCNCCCc1ncc(COCCOC)o1. The first kappa shape index (κ1) is 15.1. The summed E-state index contributed by atoms with van der Waals surface area (Å²) in [6.45, 7) is 5.89. The summed E-state index contributed by atoms with van der Waals surface area (Å²) in [4.78, 5) is 4.23. The first-order chi connectivity index (χ1) is 8.86. The highest BCUT2D eigenvalue weighted by molar-refractivity contribution is 4.92. The van der Waals surface area contributed by atoms with Crippen LogP contribution in [0.1, 0.15) is 31.4 Å². The molecular weight excluding hydrogens is 232 g/mol. The van der Waals surface area contributed by atoms with Gasteiger partial charge in [-0.3, -0.25) is 0 Å². The van der Waals surface area contributed by atoms with Crippen molar-refractivity contribution in [3.63, 3.8) is 0 Å². The normalized spacial score (nSPS) is 11.0. The molecular formula is C13H24N2O3. The highest BCUT2D eigenvalue weighted by atomic mass is 16.5. The van der Waals surface area contributed by atoms with E-state index in [1.807, 2.05) is 0 Å². The van der Waals surface area contributed by atoms with Crippen molar-refractivity contribution in [1.82, 2.24) is 10.3 Å². The van der Waals surface area contributed by atoms with Crippen LogP contribution in [-0.4, -0.2) is 38.4 Å². The zero-order chi connectivity index (χ0) is 13.1. The van der Waals surface area contributed by atoms with Crippen LogP contribution in [-0.2, 0) is 22.5 Å². The van der Waals surface area contributed by atoms with E-state index >= 15 is 0 Å². The van der Waals surface area contributed by atoms with Crippen LogP contribution in [0.4, 0.5) is 0 Å². The molecule has 0 unspecified atom stereocenters. The van der Waals surface area contributed by atoms with Gasteiger partial charge in [0.05, 0.1) is 19.4 Å². The number of aryl methyl sites for hydroxylation is 1. The van der Waals surface area contributed by atoms with E-state index in [0.717, 1.165) is 37.6 Å². The highest BCUT2D eigenvalue weighted by Crippen LogP contribution is 2.07. The summed E-state index contributed by atoms with van der Waals surface area (Å²) in [5.74, 6) is 1.57. The third-order valence-electron chi connectivity index (χ3n) is 2.45. The van der Waals surface area contributed by atoms with E-state index < -0.39 is 0 Å².